The third kappa shape index (κ3) is 1.81. The molecule has 0 atom stereocenters. The van der Waals surface area contributed by atoms with E-state index in [9.17, 15) is 8.78 Å². The molecule has 1 fully saturated rings. The summed E-state index contributed by atoms with van der Waals surface area (Å²) in [7, 11) is 0. The van der Waals surface area contributed by atoms with Crippen molar-refractivity contribution in [2.24, 2.45) is 4.99 Å². The van der Waals surface area contributed by atoms with Crippen molar-refractivity contribution in [3.8, 4) is 0 Å². The Hall–Kier alpha value is -1.72. The lowest BCUT2D eigenvalue weighted by atomic mass is 9.92. The Labute approximate surface area is 103 Å². The van der Waals surface area contributed by atoms with Crippen LogP contribution in [0.4, 0.5) is 14.6 Å². The number of nitrogens with one attached hydrogen (secondary N) is 1. The van der Waals surface area contributed by atoms with Gasteiger partial charge in [0.1, 0.15) is 0 Å². The van der Waals surface area contributed by atoms with Crippen molar-refractivity contribution < 1.29 is 8.78 Å². The summed E-state index contributed by atoms with van der Waals surface area (Å²) in [5.74, 6) is -1.80. The zero-order valence-corrected chi connectivity index (χ0v) is 9.87. The van der Waals surface area contributed by atoms with Crippen LogP contribution in [0.5, 0.6) is 0 Å². The van der Waals surface area contributed by atoms with Gasteiger partial charge in [-0.2, -0.15) is 5.10 Å². The molecular formula is C12H14F2N4. The van der Waals surface area contributed by atoms with Gasteiger partial charge in [-0.05, 0) is 12.8 Å². The summed E-state index contributed by atoms with van der Waals surface area (Å²) < 4.78 is 28.0. The van der Waals surface area contributed by atoms with Crippen LogP contribution in [0.15, 0.2) is 17.8 Å². The Kier molecular flexibility index (Phi) is 2.46. The molecule has 6 heteroatoms. The van der Waals surface area contributed by atoms with Crippen molar-refractivity contribution in [1.29, 1.82) is 0 Å². The molecule has 1 aliphatic heterocycles. The molecule has 1 N–H and O–H groups in total. The van der Waals surface area contributed by atoms with Crippen molar-refractivity contribution in [2.75, 3.05) is 0 Å². The molecule has 3 rings (SSSR count). The van der Waals surface area contributed by atoms with Gasteiger partial charge >= 0.3 is 0 Å². The molecule has 0 saturated heterocycles. The van der Waals surface area contributed by atoms with Crippen molar-refractivity contribution in [3.05, 3.63) is 18.3 Å². The van der Waals surface area contributed by atoms with Crippen molar-refractivity contribution >= 4 is 17.9 Å². The monoisotopic (exact) mass is 252 g/mol. The molecular weight excluding hydrogens is 238 g/mol. The molecule has 18 heavy (non-hydrogen) atoms. The van der Waals surface area contributed by atoms with Crippen molar-refractivity contribution in [2.45, 2.75) is 37.6 Å². The van der Waals surface area contributed by atoms with Crippen LogP contribution in [0.2, 0.25) is 0 Å². The van der Waals surface area contributed by atoms with Crippen LogP contribution < -0.4 is 5.32 Å². The first-order valence-corrected chi connectivity index (χ1v) is 6.00. The fourth-order valence-corrected chi connectivity index (χ4v) is 2.48. The maximum atomic E-state index is 13.1. The van der Waals surface area contributed by atoms with Gasteiger partial charge in [0.15, 0.2) is 5.82 Å². The second kappa shape index (κ2) is 3.90. The SMILES string of the molecule is C=C1NC=Nc2c1cnn2C1CCC(F)(F)CC1. The molecule has 1 saturated carbocycles. The third-order valence-corrected chi connectivity index (χ3v) is 3.55. The van der Waals surface area contributed by atoms with Crippen LogP contribution in [-0.4, -0.2) is 22.0 Å². The van der Waals surface area contributed by atoms with Gasteiger partial charge in [-0.25, -0.2) is 18.5 Å². The molecule has 2 heterocycles. The van der Waals surface area contributed by atoms with E-state index in [0.717, 1.165) is 11.3 Å². The predicted molar refractivity (Wildman–Crippen MR) is 65.0 cm³/mol. The highest BCUT2D eigenvalue weighted by molar-refractivity contribution is 5.84. The Bertz CT molecular complexity index is 508. The summed E-state index contributed by atoms with van der Waals surface area (Å²) in [4.78, 5) is 4.23. The molecule has 4 nitrogen and oxygen atoms in total. The highest BCUT2D eigenvalue weighted by Crippen LogP contribution is 2.40. The van der Waals surface area contributed by atoms with E-state index in [2.05, 4.69) is 22.0 Å². The fraction of sp³-hybridized carbons (Fsp3) is 0.500. The Morgan fingerprint density at radius 2 is 2.11 bits per heavy atom. The molecule has 0 aromatic carbocycles. The number of nitrogens with zero attached hydrogens (tertiary/aromatic N) is 3. The Morgan fingerprint density at radius 3 is 2.83 bits per heavy atom. The van der Waals surface area contributed by atoms with Crippen LogP contribution >= 0.6 is 0 Å². The second-order valence-corrected chi connectivity index (χ2v) is 4.79. The molecule has 0 unspecified atom stereocenters. The van der Waals surface area contributed by atoms with Crippen molar-refractivity contribution in [3.63, 3.8) is 0 Å². The minimum absolute atomic E-state index is 0.0106. The second-order valence-electron chi connectivity index (χ2n) is 4.79. The van der Waals surface area contributed by atoms with Gasteiger partial charge in [-0.3, -0.25) is 0 Å². The van der Waals surface area contributed by atoms with Gasteiger partial charge in [0.2, 0.25) is 5.92 Å². The average Bonchev–Trinajstić information content (AvgIpc) is 2.74. The summed E-state index contributed by atoms with van der Waals surface area (Å²) in [6.45, 7) is 3.86. The lowest BCUT2D eigenvalue weighted by Crippen LogP contribution is -2.27. The number of aromatic nitrogens is 2. The summed E-state index contributed by atoms with van der Waals surface area (Å²) >= 11 is 0. The number of aliphatic imine (C=N–C) groups is 1. The summed E-state index contributed by atoms with van der Waals surface area (Å²) in [5.41, 5.74) is 1.59. The first kappa shape index (κ1) is 11.4. The lowest BCUT2D eigenvalue weighted by molar-refractivity contribution is -0.0448. The van der Waals surface area contributed by atoms with Gasteiger partial charge in [0.25, 0.3) is 0 Å². The minimum atomic E-state index is -2.52. The highest BCUT2D eigenvalue weighted by atomic mass is 19.3. The first-order chi connectivity index (χ1) is 8.57. The molecule has 0 spiro atoms. The number of halogens is 2. The smallest absolute Gasteiger partial charge is 0.248 e. The van der Waals surface area contributed by atoms with Crippen LogP contribution in [0, 0.1) is 0 Å². The maximum absolute atomic E-state index is 13.1. The molecule has 1 aromatic rings. The van der Waals surface area contributed by atoms with Crippen LogP contribution in [0.3, 0.4) is 0 Å². The van der Waals surface area contributed by atoms with Gasteiger partial charge in [0, 0.05) is 18.5 Å². The average molecular weight is 252 g/mol. The molecule has 0 bridgehead atoms. The minimum Gasteiger partial charge on any atom is -0.346 e. The largest absolute Gasteiger partial charge is 0.346 e. The van der Waals surface area contributed by atoms with E-state index in [1.54, 1.807) is 17.2 Å². The lowest BCUT2D eigenvalue weighted by Gasteiger charge is -2.29. The molecule has 0 amide bonds. The Balaban J connectivity index is 1.87. The number of hydrogen-bond acceptors (Lipinski definition) is 3. The van der Waals surface area contributed by atoms with Gasteiger partial charge < -0.3 is 5.32 Å². The standard InChI is InChI=1S/C12H14F2N4/c1-8-10-6-17-18(11(10)16-7-15-8)9-2-4-12(13,14)5-3-9/h6-7,9H,1-5H2,(H,15,16). The van der Waals surface area contributed by atoms with E-state index in [-0.39, 0.29) is 18.9 Å². The van der Waals surface area contributed by atoms with E-state index in [4.69, 9.17) is 0 Å². The molecule has 1 aliphatic carbocycles. The van der Waals surface area contributed by atoms with E-state index in [0.29, 0.717) is 18.7 Å². The molecule has 96 valence electrons. The third-order valence-electron chi connectivity index (χ3n) is 3.55. The quantitative estimate of drug-likeness (QED) is 0.835. The van der Waals surface area contributed by atoms with E-state index >= 15 is 0 Å². The molecule has 1 aromatic heterocycles. The first-order valence-electron chi connectivity index (χ1n) is 6.00. The number of rotatable bonds is 1. The summed E-state index contributed by atoms with van der Waals surface area (Å²) in [6.07, 6.45) is 3.98. The van der Waals surface area contributed by atoms with E-state index in [1.165, 1.54) is 0 Å². The van der Waals surface area contributed by atoms with Gasteiger partial charge in [0.05, 0.1) is 24.1 Å². The predicted octanol–water partition coefficient (Wildman–Crippen LogP) is 2.87. The number of alkyl halides is 2. The normalized spacial score (nSPS) is 22.7. The maximum Gasteiger partial charge on any atom is 0.248 e. The zero-order valence-electron chi connectivity index (χ0n) is 9.87. The Morgan fingerprint density at radius 1 is 1.39 bits per heavy atom. The van der Waals surface area contributed by atoms with Gasteiger partial charge in [-0.15, -0.1) is 0 Å². The van der Waals surface area contributed by atoms with Crippen LogP contribution in [0.1, 0.15) is 37.3 Å². The van der Waals surface area contributed by atoms with Crippen LogP contribution in [-0.2, 0) is 0 Å². The topological polar surface area (TPSA) is 42.2 Å². The highest BCUT2D eigenvalue weighted by Gasteiger charge is 2.36. The fourth-order valence-electron chi connectivity index (χ4n) is 2.48. The van der Waals surface area contributed by atoms with E-state index in [1.807, 2.05) is 0 Å². The van der Waals surface area contributed by atoms with Gasteiger partial charge in [-0.1, -0.05) is 6.58 Å². The molecule has 2 aliphatic rings. The summed E-state index contributed by atoms with van der Waals surface area (Å²) in [6, 6.07) is 0.0106. The zero-order chi connectivity index (χ0) is 12.8. The van der Waals surface area contributed by atoms with Crippen molar-refractivity contribution in [1.82, 2.24) is 15.1 Å². The van der Waals surface area contributed by atoms with Crippen LogP contribution in [0.25, 0.3) is 5.70 Å². The number of fused-ring (bicyclic) bond motifs is 1. The number of hydrogen-bond donors (Lipinski definition) is 1. The van der Waals surface area contributed by atoms with E-state index < -0.39 is 5.92 Å². The molecule has 0 radical (unpaired) electrons. The summed E-state index contributed by atoms with van der Waals surface area (Å²) in [5, 5.41) is 7.18.